The molecule has 0 aromatic heterocycles. The average Bonchev–Trinajstić information content (AvgIpc) is 3.37. The Labute approximate surface area is 151 Å². The van der Waals surface area contributed by atoms with E-state index in [-0.39, 0.29) is 12.1 Å². The van der Waals surface area contributed by atoms with Gasteiger partial charge in [-0.05, 0) is 63.6 Å². The summed E-state index contributed by atoms with van der Waals surface area (Å²) in [4.78, 5) is 11.8. The molecule has 2 rings (SSSR count). The van der Waals surface area contributed by atoms with Crippen LogP contribution < -0.4 is 15.4 Å². The van der Waals surface area contributed by atoms with Crippen LogP contribution >= 0.6 is 0 Å². The van der Waals surface area contributed by atoms with Gasteiger partial charge in [-0.2, -0.15) is 0 Å². The number of hydrogen-bond donors (Lipinski definition) is 2. The Balaban J connectivity index is 1.77. The molecule has 0 aliphatic heterocycles. The van der Waals surface area contributed by atoms with Gasteiger partial charge in [0.25, 0.3) is 0 Å². The predicted molar refractivity (Wildman–Crippen MR) is 99.8 cm³/mol. The van der Waals surface area contributed by atoms with Crippen molar-refractivity contribution in [2.24, 2.45) is 5.92 Å². The Hall–Kier alpha value is -1.75. The van der Waals surface area contributed by atoms with E-state index in [0.29, 0.717) is 12.5 Å². The van der Waals surface area contributed by atoms with Gasteiger partial charge in [0.05, 0.1) is 6.61 Å². The highest BCUT2D eigenvalue weighted by Crippen LogP contribution is 2.32. The molecule has 25 heavy (non-hydrogen) atoms. The average molecular weight is 348 g/mol. The molecule has 1 saturated carbocycles. The molecule has 0 spiro atoms. The van der Waals surface area contributed by atoms with Crippen molar-refractivity contribution in [2.45, 2.75) is 65.1 Å². The number of hydrogen-bond acceptors (Lipinski definition) is 4. The van der Waals surface area contributed by atoms with Crippen molar-refractivity contribution in [1.82, 2.24) is 10.6 Å². The molecule has 0 saturated heterocycles. The number of amides is 1. The van der Waals surface area contributed by atoms with Crippen molar-refractivity contribution >= 4 is 6.09 Å². The van der Waals surface area contributed by atoms with Crippen LogP contribution in [0, 0.1) is 5.92 Å². The molecule has 1 aliphatic carbocycles. The molecular formula is C20H32N2O3. The third-order valence-corrected chi connectivity index (χ3v) is 4.02. The summed E-state index contributed by atoms with van der Waals surface area (Å²) in [7, 11) is 0. The van der Waals surface area contributed by atoms with Crippen molar-refractivity contribution in [1.29, 1.82) is 0 Å². The molecule has 1 fully saturated rings. The van der Waals surface area contributed by atoms with E-state index < -0.39 is 5.60 Å². The van der Waals surface area contributed by atoms with Crippen LogP contribution in [0.2, 0.25) is 0 Å². The first-order valence-electron chi connectivity index (χ1n) is 9.29. The van der Waals surface area contributed by atoms with Crippen LogP contribution in [0.4, 0.5) is 4.79 Å². The number of nitrogens with one attached hydrogen (secondary N) is 2. The highest BCUT2D eigenvalue weighted by Gasteiger charge is 2.31. The summed E-state index contributed by atoms with van der Waals surface area (Å²) in [5, 5.41) is 6.45. The summed E-state index contributed by atoms with van der Waals surface area (Å²) in [6.45, 7) is 9.84. The zero-order valence-corrected chi connectivity index (χ0v) is 15.9. The van der Waals surface area contributed by atoms with Crippen molar-refractivity contribution in [3.8, 4) is 5.75 Å². The Morgan fingerprint density at radius 2 is 1.92 bits per heavy atom. The summed E-state index contributed by atoms with van der Waals surface area (Å²) in [5.74, 6) is 1.55. The van der Waals surface area contributed by atoms with E-state index in [1.54, 1.807) is 0 Å². The van der Waals surface area contributed by atoms with Crippen LogP contribution in [0.15, 0.2) is 24.3 Å². The van der Waals surface area contributed by atoms with Gasteiger partial charge in [0, 0.05) is 19.1 Å². The molecule has 1 unspecified atom stereocenters. The molecule has 0 radical (unpaired) electrons. The van der Waals surface area contributed by atoms with Gasteiger partial charge in [-0.15, -0.1) is 0 Å². The standard InChI is InChI=1S/C20H32N2O3/c1-5-12-24-17-10-6-15(7-11-17)13-21-18(16-8-9-16)14-22-19(23)25-20(2,3)4/h6-7,10-11,16,18,21H,5,8-9,12-14H2,1-4H3,(H,22,23). The second kappa shape index (κ2) is 9.09. The molecule has 0 bridgehead atoms. The fourth-order valence-corrected chi connectivity index (χ4v) is 2.58. The first kappa shape index (κ1) is 19.6. The predicted octanol–water partition coefficient (Wildman–Crippen LogP) is 3.87. The largest absolute Gasteiger partial charge is 0.494 e. The van der Waals surface area contributed by atoms with E-state index in [1.165, 1.54) is 18.4 Å². The van der Waals surface area contributed by atoms with Crippen molar-refractivity contribution < 1.29 is 14.3 Å². The lowest BCUT2D eigenvalue weighted by molar-refractivity contribution is 0.0521. The number of carbonyl (C=O) groups excluding carboxylic acids is 1. The normalized spacial score (nSPS) is 15.5. The van der Waals surface area contributed by atoms with Crippen molar-refractivity contribution in [2.75, 3.05) is 13.2 Å². The summed E-state index contributed by atoms with van der Waals surface area (Å²) < 4.78 is 10.9. The maximum Gasteiger partial charge on any atom is 0.407 e. The second-order valence-corrected chi connectivity index (χ2v) is 7.70. The van der Waals surface area contributed by atoms with Gasteiger partial charge in [-0.3, -0.25) is 0 Å². The van der Waals surface area contributed by atoms with Crippen LogP contribution in [0.25, 0.3) is 0 Å². The van der Waals surface area contributed by atoms with E-state index in [9.17, 15) is 4.79 Å². The highest BCUT2D eigenvalue weighted by molar-refractivity contribution is 5.67. The van der Waals surface area contributed by atoms with E-state index in [2.05, 4.69) is 29.7 Å². The first-order chi connectivity index (χ1) is 11.9. The van der Waals surface area contributed by atoms with Crippen molar-refractivity contribution in [3.63, 3.8) is 0 Å². The Morgan fingerprint density at radius 1 is 1.24 bits per heavy atom. The van der Waals surface area contributed by atoms with Crippen LogP contribution in [0.1, 0.15) is 52.5 Å². The second-order valence-electron chi connectivity index (χ2n) is 7.70. The van der Waals surface area contributed by atoms with Crippen LogP contribution in [0.5, 0.6) is 5.75 Å². The Morgan fingerprint density at radius 3 is 2.48 bits per heavy atom. The van der Waals surface area contributed by atoms with Gasteiger partial charge >= 0.3 is 6.09 Å². The number of carbonyl (C=O) groups is 1. The van der Waals surface area contributed by atoms with Gasteiger partial charge in [-0.1, -0.05) is 19.1 Å². The molecular weight excluding hydrogens is 316 g/mol. The maximum absolute atomic E-state index is 11.8. The summed E-state index contributed by atoms with van der Waals surface area (Å²) in [5.41, 5.74) is 0.750. The quantitative estimate of drug-likeness (QED) is 0.711. The molecule has 1 aromatic carbocycles. The zero-order chi connectivity index (χ0) is 18.3. The Kier molecular flexibility index (Phi) is 7.12. The molecule has 2 N–H and O–H groups in total. The smallest absolute Gasteiger partial charge is 0.407 e. The number of ether oxygens (including phenoxy) is 2. The third kappa shape index (κ3) is 7.78. The van der Waals surface area contributed by atoms with E-state index in [4.69, 9.17) is 9.47 Å². The summed E-state index contributed by atoms with van der Waals surface area (Å²) in [6, 6.07) is 8.48. The fraction of sp³-hybridized carbons (Fsp3) is 0.650. The lowest BCUT2D eigenvalue weighted by Gasteiger charge is -2.22. The van der Waals surface area contributed by atoms with E-state index >= 15 is 0 Å². The van der Waals surface area contributed by atoms with E-state index in [0.717, 1.165) is 25.3 Å². The lowest BCUT2D eigenvalue weighted by atomic mass is 10.1. The lowest BCUT2D eigenvalue weighted by Crippen LogP contribution is -2.43. The first-order valence-corrected chi connectivity index (χ1v) is 9.29. The number of benzene rings is 1. The molecule has 5 nitrogen and oxygen atoms in total. The SMILES string of the molecule is CCCOc1ccc(CNC(CNC(=O)OC(C)(C)C)C2CC2)cc1. The fourth-order valence-electron chi connectivity index (χ4n) is 2.58. The summed E-state index contributed by atoms with van der Waals surface area (Å²) >= 11 is 0. The minimum Gasteiger partial charge on any atom is -0.494 e. The molecule has 1 aromatic rings. The van der Waals surface area contributed by atoms with Gasteiger partial charge in [0.2, 0.25) is 0 Å². The summed E-state index contributed by atoms with van der Waals surface area (Å²) in [6.07, 6.45) is 3.10. The molecule has 140 valence electrons. The van der Waals surface area contributed by atoms with Gasteiger partial charge < -0.3 is 20.1 Å². The van der Waals surface area contributed by atoms with Crippen LogP contribution in [-0.2, 0) is 11.3 Å². The monoisotopic (exact) mass is 348 g/mol. The molecule has 5 heteroatoms. The van der Waals surface area contributed by atoms with Gasteiger partial charge in [0.1, 0.15) is 11.4 Å². The van der Waals surface area contributed by atoms with Gasteiger partial charge in [-0.25, -0.2) is 4.79 Å². The van der Waals surface area contributed by atoms with E-state index in [1.807, 2.05) is 32.9 Å². The number of alkyl carbamates (subject to hydrolysis) is 1. The highest BCUT2D eigenvalue weighted by atomic mass is 16.6. The Bertz CT molecular complexity index is 533. The number of rotatable bonds is 9. The zero-order valence-electron chi connectivity index (χ0n) is 15.9. The van der Waals surface area contributed by atoms with Gasteiger partial charge in [0.15, 0.2) is 0 Å². The van der Waals surface area contributed by atoms with Crippen LogP contribution in [-0.4, -0.2) is 30.9 Å². The molecule has 1 amide bonds. The molecule has 0 heterocycles. The maximum atomic E-state index is 11.8. The minimum atomic E-state index is -0.464. The van der Waals surface area contributed by atoms with Crippen molar-refractivity contribution in [3.05, 3.63) is 29.8 Å². The van der Waals surface area contributed by atoms with Crippen LogP contribution in [0.3, 0.4) is 0 Å². The topological polar surface area (TPSA) is 59.6 Å². The molecule has 1 atom stereocenters. The molecule has 1 aliphatic rings. The minimum absolute atomic E-state index is 0.281. The third-order valence-electron chi connectivity index (χ3n) is 4.02.